The molecule has 1 aromatic heterocycles. The summed E-state index contributed by atoms with van der Waals surface area (Å²) in [7, 11) is 0. The Kier molecular flexibility index (Phi) is 4.86. The molecule has 0 amide bonds. The van der Waals surface area contributed by atoms with Gasteiger partial charge in [0, 0.05) is 6.04 Å². The molecule has 1 N–H and O–H groups in total. The quantitative estimate of drug-likeness (QED) is 0.820. The fourth-order valence-corrected chi connectivity index (χ4v) is 3.54. The van der Waals surface area contributed by atoms with Crippen LogP contribution in [0.25, 0.3) is 0 Å². The standard InChI is InChI=1S/C14H23NS/c1-2-15-14-5-3-4-12(10-14)6-7-13-8-9-16-11-13/h8-9,11-12,14-15H,2-7,10H2,1H3. The van der Waals surface area contributed by atoms with Crippen LogP contribution in [-0.4, -0.2) is 12.6 Å². The average molecular weight is 237 g/mol. The molecule has 2 unspecified atom stereocenters. The lowest BCUT2D eigenvalue weighted by Gasteiger charge is -2.29. The maximum atomic E-state index is 3.61. The second-order valence-electron chi connectivity index (χ2n) is 4.96. The number of nitrogens with one attached hydrogen (secondary N) is 1. The third-order valence-electron chi connectivity index (χ3n) is 3.70. The molecule has 1 aromatic rings. The first-order valence-electron chi connectivity index (χ1n) is 6.63. The van der Waals surface area contributed by atoms with Gasteiger partial charge >= 0.3 is 0 Å². The fourth-order valence-electron chi connectivity index (χ4n) is 2.83. The molecular weight excluding hydrogens is 214 g/mol. The third-order valence-corrected chi connectivity index (χ3v) is 4.43. The Labute approximate surface area is 103 Å². The molecule has 2 rings (SSSR count). The zero-order valence-electron chi connectivity index (χ0n) is 10.2. The molecule has 1 saturated carbocycles. The van der Waals surface area contributed by atoms with E-state index in [-0.39, 0.29) is 0 Å². The first kappa shape index (κ1) is 12.1. The summed E-state index contributed by atoms with van der Waals surface area (Å²) >= 11 is 1.82. The molecule has 1 aliphatic rings. The van der Waals surface area contributed by atoms with Crippen molar-refractivity contribution < 1.29 is 0 Å². The Morgan fingerprint density at radius 1 is 1.44 bits per heavy atom. The average Bonchev–Trinajstić information content (AvgIpc) is 2.80. The van der Waals surface area contributed by atoms with Crippen LogP contribution >= 0.6 is 11.3 Å². The van der Waals surface area contributed by atoms with E-state index in [1.165, 1.54) is 44.1 Å². The summed E-state index contributed by atoms with van der Waals surface area (Å²) in [4.78, 5) is 0. The van der Waals surface area contributed by atoms with Gasteiger partial charge in [-0.05, 0) is 60.5 Å². The minimum Gasteiger partial charge on any atom is -0.314 e. The van der Waals surface area contributed by atoms with Gasteiger partial charge in [0.1, 0.15) is 0 Å². The molecule has 90 valence electrons. The minimum atomic E-state index is 0.797. The lowest BCUT2D eigenvalue weighted by Crippen LogP contribution is -2.34. The van der Waals surface area contributed by atoms with Crippen molar-refractivity contribution in [1.82, 2.24) is 5.32 Å². The van der Waals surface area contributed by atoms with Gasteiger partial charge in [0.2, 0.25) is 0 Å². The summed E-state index contributed by atoms with van der Waals surface area (Å²) < 4.78 is 0. The number of thiophene rings is 1. The summed E-state index contributed by atoms with van der Waals surface area (Å²) in [6, 6.07) is 3.07. The van der Waals surface area contributed by atoms with Crippen LogP contribution in [0.3, 0.4) is 0 Å². The van der Waals surface area contributed by atoms with Crippen molar-refractivity contribution in [1.29, 1.82) is 0 Å². The summed E-state index contributed by atoms with van der Waals surface area (Å²) in [5.74, 6) is 0.956. The Bertz CT molecular complexity index is 279. The van der Waals surface area contributed by atoms with Gasteiger partial charge in [-0.2, -0.15) is 11.3 Å². The monoisotopic (exact) mass is 237 g/mol. The van der Waals surface area contributed by atoms with E-state index >= 15 is 0 Å². The number of hydrogen-bond acceptors (Lipinski definition) is 2. The molecule has 0 aliphatic heterocycles. The van der Waals surface area contributed by atoms with Gasteiger partial charge in [-0.15, -0.1) is 0 Å². The molecule has 1 aliphatic carbocycles. The number of rotatable bonds is 5. The highest BCUT2D eigenvalue weighted by atomic mass is 32.1. The van der Waals surface area contributed by atoms with Crippen molar-refractivity contribution >= 4 is 11.3 Å². The first-order valence-corrected chi connectivity index (χ1v) is 7.57. The highest BCUT2D eigenvalue weighted by Crippen LogP contribution is 2.28. The number of hydrogen-bond donors (Lipinski definition) is 1. The van der Waals surface area contributed by atoms with E-state index < -0.39 is 0 Å². The predicted octanol–water partition coefficient (Wildman–Crippen LogP) is 3.85. The van der Waals surface area contributed by atoms with Crippen molar-refractivity contribution in [2.45, 2.75) is 51.5 Å². The third kappa shape index (κ3) is 3.60. The fraction of sp³-hybridized carbons (Fsp3) is 0.714. The van der Waals surface area contributed by atoms with Crippen LogP contribution in [0.15, 0.2) is 16.8 Å². The zero-order valence-corrected chi connectivity index (χ0v) is 11.1. The van der Waals surface area contributed by atoms with Gasteiger partial charge < -0.3 is 5.32 Å². The summed E-state index contributed by atoms with van der Waals surface area (Å²) in [5, 5.41) is 8.10. The minimum absolute atomic E-state index is 0.797. The van der Waals surface area contributed by atoms with Crippen molar-refractivity contribution in [3.05, 3.63) is 22.4 Å². The van der Waals surface area contributed by atoms with Crippen molar-refractivity contribution in [3.63, 3.8) is 0 Å². The summed E-state index contributed by atoms with van der Waals surface area (Å²) in [5.41, 5.74) is 1.54. The van der Waals surface area contributed by atoms with Gasteiger partial charge in [0.15, 0.2) is 0 Å². The maximum absolute atomic E-state index is 3.61. The molecule has 0 radical (unpaired) electrons. The Morgan fingerprint density at radius 3 is 3.12 bits per heavy atom. The molecule has 2 heteroatoms. The van der Waals surface area contributed by atoms with E-state index in [4.69, 9.17) is 0 Å². The van der Waals surface area contributed by atoms with E-state index in [9.17, 15) is 0 Å². The second-order valence-corrected chi connectivity index (χ2v) is 5.74. The van der Waals surface area contributed by atoms with Crippen molar-refractivity contribution in [2.24, 2.45) is 5.92 Å². The Hall–Kier alpha value is -0.340. The van der Waals surface area contributed by atoms with Crippen LogP contribution in [0, 0.1) is 5.92 Å². The van der Waals surface area contributed by atoms with Crippen LogP contribution in [0.1, 0.15) is 44.6 Å². The van der Waals surface area contributed by atoms with Crippen molar-refractivity contribution in [3.8, 4) is 0 Å². The zero-order chi connectivity index (χ0) is 11.2. The molecule has 2 atom stereocenters. The lowest BCUT2D eigenvalue weighted by atomic mass is 9.82. The topological polar surface area (TPSA) is 12.0 Å². The SMILES string of the molecule is CCNC1CCCC(CCc2ccsc2)C1. The summed E-state index contributed by atoms with van der Waals surface area (Å²) in [6.45, 7) is 3.34. The molecule has 0 aromatic carbocycles. The Morgan fingerprint density at radius 2 is 2.38 bits per heavy atom. The smallest absolute Gasteiger partial charge is 0.00695 e. The predicted molar refractivity (Wildman–Crippen MR) is 72.1 cm³/mol. The van der Waals surface area contributed by atoms with E-state index in [2.05, 4.69) is 29.1 Å². The maximum Gasteiger partial charge on any atom is 0.00695 e. The normalized spacial score (nSPS) is 25.8. The van der Waals surface area contributed by atoms with Crippen molar-refractivity contribution in [2.75, 3.05) is 6.54 Å². The molecule has 16 heavy (non-hydrogen) atoms. The molecule has 1 heterocycles. The van der Waals surface area contributed by atoms with Gasteiger partial charge in [-0.25, -0.2) is 0 Å². The molecule has 0 saturated heterocycles. The van der Waals surface area contributed by atoms with Gasteiger partial charge in [0.25, 0.3) is 0 Å². The number of aryl methyl sites for hydroxylation is 1. The van der Waals surface area contributed by atoms with E-state index in [0.717, 1.165) is 18.5 Å². The van der Waals surface area contributed by atoms with Crippen LogP contribution in [-0.2, 0) is 6.42 Å². The molecular formula is C14H23NS. The van der Waals surface area contributed by atoms with Gasteiger partial charge in [-0.1, -0.05) is 19.8 Å². The molecule has 0 spiro atoms. The van der Waals surface area contributed by atoms with Gasteiger partial charge in [0.05, 0.1) is 0 Å². The van der Waals surface area contributed by atoms with E-state index in [1.807, 2.05) is 11.3 Å². The molecule has 1 nitrogen and oxygen atoms in total. The van der Waals surface area contributed by atoms with E-state index in [1.54, 1.807) is 0 Å². The van der Waals surface area contributed by atoms with Crippen LogP contribution in [0.5, 0.6) is 0 Å². The van der Waals surface area contributed by atoms with Crippen LogP contribution < -0.4 is 5.32 Å². The van der Waals surface area contributed by atoms with Gasteiger partial charge in [-0.3, -0.25) is 0 Å². The second kappa shape index (κ2) is 6.41. The molecule has 1 fully saturated rings. The highest BCUT2D eigenvalue weighted by molar-refractivity contribution is 7.07. The summed E-state index contributed by atoms with van der Waals surface area (Å²) in [6.07, 6.45) is 8.34. The van der Waals surface area contributed by atoms with E-state index in [0.29, 0.717) is 0 Å². The van der Waals surface area contributed by atoms with Crippen LogP contribution in [0.4, 0.5) is 0 Å². The lowest BCUT2D eigenvalue weighted by molar-refractivity contribution is 0.276. The molecule has 0 bridgehead atoms. The van der Waals surface area contributed by atoms with Crippen LogP contribution in [0.2, 0.25) is 0 Å². The highest BCUT2D eigenvalue weighted by Gasteiger charge is 2.20. The Balaban J connectivity index is 1.72. The largest absolute Gasteiger partial charge is 0.314 e. The first-order chi connectivity index (χ1) is 7.88.